The van der Waals surface area contributed by atoms with Crippen LogP contribution in [0.2, 0.25) is 0 Å². The summed E-state index contributed by atoms with van der Waals surface area (Å²) >= 11 is 0. The molecule has 0 atom stereocenters. The highest BCUT2D eigenvalue weighted by atomic mass is 16.6. The first-order chi connectivity index (χ1) is 10.4. The van der Waals surface area contributed by atoms with E-state index >= 15 is 0 Å². The van der Waals surface area contributed by atoms with E-state index in [0.29, 0.717) is 17.7 Å². The zero-order valence-corrected chi connectivity index (χ0v) is 12.6. The minimum absolute atomic E-state index is 0.0231. The largest absolute Gasteiger partial charge is 0.481 e. The topological polar surface area (TPSA) is 85.4 Å². The SMILES string of the molecule is Cc1c(CCC(=O)O)c2c([N+](=O)[O-])ccc(C3CC3)c2n1C. The first-order valence-electron chi connectivity index (χ1n) is 7.38. The highest BCUT2D eigenvalue weighted by Crippen LogP contribution is 2.46. The van der Waals surface area contributed by atoms with Gasteiger partial charge in [0.15, 0.2) is 0 Å². The number of benzene rings is 1. The van der Waals surface area contributed by atoms with Crippen LogP contribution in [0.15, 0.2) is 12.1 Å². The van der Waals surface area contributed by atoms with E-state index in [9.17, 15) is 14.9 Å². The molecule has 0 bridgehead atoms. The molecule has 1 aromatic heterocycles. The summed E-state index contributed by atoms with van der Waals surface area (Å²) in [5.74, 6) is -0.416. The van der Waals surface area contributed by atoms with Gasteiger partial charge in [-0.2, -0.15) is 0 Å². The van der Waals surface area contributed by atoms with Crippen molar-refractivity contribution in [2.75, 3.05) is 0 Å². The smallest absolute Gasteiger partial charge is 0.303 e. The minimum atomic E-state index is -0.891. The van der Waals surface area contributed by atoms with E-state index in [1.807, 2.05) is 24.6 Å². The maximum absolute atomic E-state index is 11.4. The number of nitro benzene ring substituents is 1. The lowest BCUT2D eigenvalue weighted by Gasteiger charge is -2.06. The molecule has 1 aliphatic rings. The van der Waals surface area contributed by atoms with Crippen molar-refractivity contribution >= 4 is 22.6 Å². The molecule has 6 nitrogen and oxygen atoms in total. The van der Waals surface area contributed by atoms with Gasteiger partial charge < -0.3 is 9.67 Å². The van der Waals surface area contributed by atoms with Crippen LogP contribution in [0.25, 0.3) is 10.9 Å². The summed E-state index contributed by atoms with van der Waals surface area (Å²) in [6.07, 6.45) is 2.52. The van der Waals surface area contributed by atoms with Gasteiger partial charge in [0.1, 0.15) is 0 Å². The molecule has 3 rings (SSSR count). The highest BCUT2D eigenvalue weighted by Gasteiger charge is 2.31. The molecule has 0 spiro atoms. The number of rotatable bonds is 5. The number of aliphatic carboxylic acids is 1. The van der Waals surface area contributed by atoms with Gasteiger partial charge in [0, 0.05) is 25.2 Å². The Morgan fingerprint density at radius 1 is 1.45 bits per heavy atom. The standard InChI is InChI=1S/C16H18N2O4/c1-9-11(6-8-14(19)20)15-13(18(21)22)7-5-12(10-3-4-10)16(15)17(9)2/h5,7,10H,3-4,6,8H2,1-2H3,(H,19,20). The number of aryl methyl sites for hydroxylation is 2. The molecule has 1 fully saturated rings. The van der Waals surface area contributed by atoms with Gasteiger partial charge in [0.05, 0.1) is 15.8 Å². The van der Waals surface area contributed by atoms with E-state index in [4.69, 9.17) is 5.11 Å². The second kappa shape index (κ2) is 5.12. The number of nitrogens with zero attached hydrogens (tertiary/aromatic N) is 2. The highest BCUT2D eigenvalue weighted by molar-refractivity contribution is 5.96. The van der Waals surface area contributed by atoms with E-state index in [1.54, 1.807) is 6.07 Å². The fourth-order valence-corrected chi connectivity index (χ4v) is 3.22. The summed E-state index contributed by atoms with van der Waals surface area (Å²) in [5.41, 5.74) is 3.81. The molecule has 0 aliphatic heterocycles. The summed E-state index contributed by atoms with van der Waals surface area (Å²) in [6, 6.07) is 3.43. The van der Waals surface area contributed by atoms with Gasteiger partial charge in [0.2, 0.25) is 0 Å². The molecule has 0 unspecified atom stereocenters. The summed E-state index contributed by atoms with van der Waals surface area (Å²) in [5, 5.41) is 21.0. The number of aromatic nitrogens is 1. The third-order valence-electron chi connectivity index (χ3n) is 4.57. The van der Waals surface area contributed by atoms with E-state index in [2.05, 4.69) is 0 Å². The molecule has 1 saturated carbocycles. The van der Waals surface area contributed by atoms with Crippen molar-refractivity contribution in [2.45, 2.75) is 38.5 Å². The Bertz CT molecular complexity index is 787. The van der Waals surface area contributed by atoms with Crippen LogP contribution in [-0.4, -0.2) is 20.6 Å². The molecule has 1 aromatic carbocycles. The summed E-state index contributed by atoms with van der Waals surface area (Å²) < 4.78 is 1.98. The molecule has 0 amide bonds. The second-order valence-electron chi connectivity index (χ2n) is 5.95. The predicted molar refractivity (Wildman–Crippen MR) is 82.2 cm³/mol. The van der Waals surface area contributed by atoms with E-state index < -0.39 is 5.97 Å². The van der Waals surface area contributed by atoms with Crippen LogP contribution in [0.5, 0.6) is 0 Å². The van der Waals surface area contributed by atoms with Crippen molar-refractivity contribution in [3.63, 3.8) is 0 Å². The summed E-state index contributed by atoms with van der Waals surface area (Å²) in [4.78, 5) is 21.9. The van der Waals surface area contributed by atoms with Crippen LogP contribution in [0.1, 0.15) is 42.0 Å². The van der Waals surface area contributed by atoms with E-state index in [-0.39, 0.29) is 17.0 Å². The number of carbonyl (C=O) groups is 1. The molecular formula is C16H18N2O4. The molecule has 0 saturated heterocycles. The number of fused-ring (bicyclic) bond motifs is 1. The number of nitro groups is 1. The van der Waals surface area contributed by atoms with Crippen LogP contribution in [0, 0.1) is 17.0 Å². The number of carboxylic acids is 1. The number of hydrogen-bond donors (Lipinski definition) is 1. The Balaban J connectivity index is 2.29. The Morgan fingerprint density at radius 3 is 2.68 bits per heavy atom. The van der Waals surface area contributed by atoms with Crippen LogP contribution in [0.4, 0.5) is 5.69 Å². The average molecular weight is 302 g/mol. The quantitative estimate of drug-likeness (QED) is 0.678. The molecule has 116 valence electrons. The first-order valence-corrected chi connectivity index (χ1v) is 7.38. The summed E-state index contributed by atoms with van der Waals surface area (Å²) in [7, 11) is 1.90. The van der Waals surface area contributed by atoms with Gasteiger partial charge in [0.25, 0.3) is 5.69 Å². The lowest BCUT2D eigenvalue weighted by atomic mass is 10.0. The maximum Gasteiger partial charge on any atom is 0.303 e. The number of carboxylic acid groups (broad SMARTS) is 1. The van der Waals surface area contributed by atoms with Crippen molar-refractivity contribution in [1.82, 2.24) is 4.57 Å². The van der Waals surface area contributed by atoms with E-state index in [0.717, 1.165) is 35.2 Å². The van der Waals surface area contributed by atoms with Gasteiger partial charge >= 0.3 is 5.97 Å². The normalized spacial score (nSPS) is 14.5. The monoisotopic (exact) mass is 302 g/mol. The van der Waals surface area contributed by atoms with Gasteiger partial charge in [-0.05, 0) is 49.3 Å². The zero-order chi connectivity index (χ0) is 16.0. The predicted octanol–water partition coefficient (Wildman–Crippen LogP) is 3.29. The number of hydrogen-bond acceptors (Lipinski definition) is 3. The van der Waals surface area contributed by atoms with Crippen molar-refractivity contribution in [3.05, 3.63) is 39.1 Å². The Kier molecular flexibility index (Phi) is 3.39. The third kappa shape index (κ3) is 2.24. The van der Waals surface area contributed by atoms with Gasteiger partial charge in [-0.1, -0.05) is 0 Å². The lowest BCUT2D eigenvalue weighted by Crippen LogP contribution is -1.99. The Hall–Kier alpha value is -2.37. The van der Waals surface area contributed by atoms with Gasteiger partial charge in [-0.3, -0.25) is 14.9 Å². The van der Waals surface area contributed by atoms with E-state index in [1.165, 1.54) is 0 Å². The minimum Gasteiger partial charge on any atom is -0.481 e. The first kappa shape index (κ1) is 14.6. The van der Waals surface area contributed by atoms with Crippen LogP contribution in [0.3, 0.4) is 0 Å². The maximum atomic E-state index is 11.4. The molecular weight excluding hydrogens is 284 g/mol. The summed E-state index contributed by atoms with van der Waals surface area (Å²) in [6.45, 7) is 1.90. The number of non-ortho nitro benzene ring substituents is 1. The van der Waals surface area contributed by atoms with Crippen LogP contribution >= 0.6 is 0 Å². The molecule has 1 aliphatic carbocycles. The molecule has 6 heteroatoms. The van der Waals surface area contributed by atoms with Gasteiger partial charge in [-0.25, -0.2) is 0 Å². The lowest BCUT2D eigenvalue weighted by molar-refractivity contribution is -0.383. The van der Waals surface area contributed by atoms with Crippen molar-refractivity contribution < 1.29 is 14.8 Å². The zero-order valence-electron chi connectivity index (χ0n) is 12.6. The fourth-order valence-electron chi connectivity index (χ4n) is 3.22. The molecule has 1 heterocycles. The average Bonchev–Trinajstić information content (AvgIpc) is 3.26. The van der Waals surface area contributed by atoms with Crippen molar-refractivity contribution in [1.29, 1.82) is 0 Å². The fraction of sp³-hybridized carbons (Fsp3) is 0.438. The van der Waals surface area contributed by atoms with Crippen LogP contribution < -0.4 is 0 Å². The van der Waals surface area contributed by atoms with Crippen LogP contribution in [-0.2, 0) is 18.3 Å². The molecule has 0 radical (unpaired) electrons. The van der Waals surface area contributed by atoms with Crippen molar-refractivity contribution in [3.8, 4) is 0 Å². The molecule has 2 aromatic rings. The Morgan fingerprint density at radius 2 is 2.14 bits per heavy atom. The Labute approximate surface area is 127 Å². The molecule has 22 heavy (non-hydrogen) atoms. The second-order valence-corrected chi connectivity index (χ2v) is 5.95. The third-order valence-corrected chi connectivity index (χ3v) is 4.57. The van der Waals surface area contributed by atoms with Gasteiger partial charge in [-0.15, -0.1) is 0 Å². The van der Waals surface area contributed by atoms with Crippen molar-refractivity contribution in [2.24, 2.45) is 7.05 Å². The molecule has 1 N–H and O–H groups in total.